The number of carbonyl (C=O) groups is 1. The van der Waals surface area contributed by atoms with Gasteiger partial charge in [0.25, 0.3) is 0 Å². The van der Waals surface area contributed by atoms with Crippen molar-refractivity contribution in [1.29, 1.82) is 0 Å². The number of hydrogen-bond acceptors (Lipinski definition) is 3. The van der Waals surface area contributed by atoms with Crippen molar-refractivity contribution in [1.82, 2.24) is 0 Å². The molecule has 1 aromatic rings. The topological polar surface area (TPSA) is 46.5 Å². The molecule has 0 aliphatic carbocycles. The third kappa shape index (κ3) is 6.01. The lowest BCUT2D eigenvalue weighted by Crippen LogP contribution is -2.02. The molecule has 0 saturated carbocycles. The fourth-order valence-electron chi connectivity index (χ4n) is 0.997. The fraction of sp³-hybridized carbons (Fsp3) is 0.364. The zero-order valence-corrected chi connectivity index (χ0v) is 9.20. The van der Waals surface area contributed by atoms with E-state index >= 15 is 0 Å². The lowest BCUT2D eigenvalue weighted by atomic mass is 10.3. The molecule has 0 spiro atoms. The largest absolute Gasteiger partial charge is 0.493 e. The molecule has 0 heterocycles. The van der Waals surface area contributed by atoms with Gasteiger partial charge in [-0.3, -0.25) is 4.79 Å². The Balaban J connectivity index is 2.00. The maximum atomic E-state index is 10.2. The van der Waals surface area contributed by atoms with Crippen LogP contribution in [-0.4, -0.2) is 29.2 Å². The van der Waals surface area contributed by atoms with E-state index in [1.54, 1.807) is 11.8 Å². The summed E-state index contributed by atoms with van der Waals surface area (Å²) in [4.78, 5) is 10.2. The molecule has 0 saturated heterocycles. The van der Waals surface area contributed by atoms with E-state index in [1.807, 2.05) is 30.3 Å². The molecule has 3 nitrogen and oxygen atoms in total. The standard InChI is InChI=1S/C11H14O3S/c12-11(13)6-8-15-9-7-14-10-4-2-1-3-5-10/h1-5H,6-9H2,(H,12,13). The highest BCUT2D eigenvalue weighted by Gasteiger charge is 1.96. The number of thioether (sulfide) groups is 1. The third-order valence-corrected chi connectivity index (χ3v) is 2.65. The molecule has 1 aromatic carbocycles. The summed E-state index contributed by atoms with van der Waals surface area (Å²) in [7, 11) is 0. The van der Waals surface area contributed by atoms with Crippen LogP contribution < -0.4 is 4.74 Å². The summed E-state index contributed by atoms with van der Waals surface area (Å²) >= 11 is 1.59. The molecular weight excluding hydrogens is 212 g/mol. The number of rotatable bonds is 7. The van der Waals surface area contributed by atoms with Gasteiger partial charge in [0.05, 0.1) is 13.0 Å². The number of benzene rings is 1. The average molecular weight is 226 g/mol. The molecule has 1 N–H and O–H groups in total. The van der Waals surface area contributed by atoms with Crippen molar-refractivity contribution in [3.63, 3.8) is 0 Å². The zero-order chi connectivity index (χ0) is 10.9. The summed E-state index contributed by atoms with van der Waals surface area (Å²) in [5, 5.41) is 8.40. The summed E-state index contributed by atoms with van der Waals surface area (Å²) < 4.78 is 5.44. The molecule has 15 heavy (non-hydrogen) atoms. The highest BCUT2D eigenvalue weighted by Crippen LogP contribution is 2.09. The lowest BCUT2D eigenvalue weighted by molar-refractivity contribution is -0.136. The predicted octanol–water partition coefficient (Wildman–Crippen LogP) is 2.27. The van der Waals surface area contributed by atoms with Crippen molar-refractivity contribution >= 4 is 17.7 Å². The van der Waals surface area contributed by atoms with E-state index in [9.17, 15) is 4.79 Å². The van der Waals surface area contributed by atoms with Gasteiger partial charge in [0.15, 0.2) is 0 Å². The molecule has 0 unspecified atom stereocenters. The molecule has 0 aliphatic rings. The second-order valence-corrected chi connectivity index (χ2v) is 4.14. The highest BCUT2D eigenvalue weighted by atomic mass is 32.2. The van der Waals surface area contributed by atoms with Crippen LogP contribution in [0, 0.1) is 0 Å². The number of carboxylic acids is 1. The van der Waals surface area contributed by atoms with Crippen LogP contribution in [0.15, 0.2) is 30.3 Å². The molecule has 1 rings (SSSR count). The maximum Gasteiger partial charge on any atom is 0.304 e. The van der Waals surface area contributed by atoms with Crippen LogP contribution in [0.2, 0.25) is 0 Å². The zero-order valence-electron chi connectivity index (χ0n) is 8.39. The quantitative estimate of drug-likeness (QED) is 0.724. The summed E-state index contributed by atoms with van der Waals surface area (Å²) in [6.45, 7) is 0.619. The van der Waals surface area contributed by atoms with Crippen LogP contribution in [0.3, 0.4) is 0 Å². The first-order valence-electron chi connectivity index (χ1n) is 4.76. The molecule has 0 aromatic heterocycles. The Morgan fingerprint density at radius 3 is 2.67 bits per heavy atom. The van der Waals surface area contributed by atoms with Crippen LogP contribution >= 0.6 is 11.8 Å². The van der Waals surface area contributed by atoms with Gasteiger partial charge < -0.3 is 9.84 Å². The number of aliphatic carboxylic acids is 1. The lowest BCUT2D eigenvalue weighted by Gasteiger charge is -2.04. The van der Waals surface area contributed by atoms with Gasteiger partial charge in [-0.2, -0.15) is 11.8 Å². The smallest absolute Gasteiger partial charge is 0.304 e. The molecule has 4 heteroatoms. The first-order chi connectivity index (χ1) is 7.29. The molecular formula is C11H14O3S. The average Bonchev–Trinajstić information content (AvgIpc) is 2.24. The number of hydrogen-bond donors (Lipinski definition) is 1. The second kappa shape index (κ2) is 7.17. The van der Waals surface area contributed by atoms with Crippen LogP contribution in [-0.2, 0) is 4.79 Å². The first-order valence-corrected chi connectivity index (χ1v) is 5.92. The Morgan fingerprint density at radius 2 is 2.00 bits per heavy atom. The van der Waals surface area contributed by atoms with E-state index in [1.165, 1.54) is 0 Å². The molecule has 82 valence electrons. The van der Waals surface area contributed by atoms with Gasteiger partial charge in [0, 0.05) is 11.5 Å². The Morgan fingerprint density at radius 1 is 1.27 bits per heavy atom. The summed E-state index contributed by atoms with van der Waals surface area (Å²) in [6.07, 6.45) is 0.218. The van der Waals surface area contributed by atoms with Gasteiger partial charge in [0.2, 0.25) is 0 Å². The minimum atomic E-state index is -0.744. The van der Waals surface area contributed by atoms with E-state index in [0.29, 0.717) is 12.4 Å². The van der Waals surface area contributed by atoms with Gasteiger partial charge in [-0.25, -0.2) is 0 Å². The molecule has 0 amide bonds. The second-order valence-electron chi connectivity index (χ2n) is 2.92. The van der Waals surface area contributed by atoms with Crippen molar-refractivity contribution < 1.29 is 14.6 Å². The van der Waals surface area contributed by atoms with Crippen molar-refractivity contribution in [2.45, 2.75) is 6.42 Å². The van der Waals surface area contributed by atoms with E-state index in [2.05, 4.69) is 0 Å². The number of carboxylic acid groups (broad SMARTS) is 1. The van der Waals surface area contributed by atoms with Gasteiger partial charge >= 0.3 is 5.97 Å². The molecule has 0 atom stereocenters. The number of ether oxygens (including phenoxy) is 1. The Bertz CT molecular complexity index is 287. The fourth-order valence-corrected chi connectivity index (χ4v) is 1.72. The Labute approximate surface area is 93.4 Å². The van der Waals surface area contributed by atoms with E-state index in [-0.39, 0.29) is 6.42 Å². The molecule has 0 aliphatic heterocycles. The predicted molar refractivity (Wildman–Crippen MR) is 61.5 cm³/mol. The van der Waals surface area contributed by atoms with Crippen molar-refractivity contribution in [2.24, 2.45) is 0 Å². The van der Waals surface area contributed by atoms with Crippen LogP contribution in [0.4, 0.5) is 0 Å². The maximum absolute atomic E-state index is 10.2. The minimum Gasteiger partial charge on any atom is -0.493 e. The van der Waals surface area contributed by atoms with Crippen LogP contribution in [0.5, 0.6) is 5.75 Å². The Hall–Kier alpha value is -1.16. The van der Waals surface area contributed by atoms with Crippen molar-refractivity contribution in [3.8, 4) is 5.75 Å². The monoisotopic (exact) mass is 226 g/mol. The van der Waals surface area contributed by atoms with Crippen LogP contribution in [0.25, 0.3) is 0 Å². The van der Waals surface area contributed by atoms with Gasteiger partial charge in [-0.15, -0.1) is 0 Å². The van der Waals surface area contributed by atoms with E-state index < -0.39 is 5.97 Å². The van der Waals surface area contributed by atoms with E-state index in [0.717, 1.165) is 11.5 Å². The van der Waals surface area contributed by atoms with Gasteiger partial charge in [-0.1, -0.05) is 18.2 Å². The summed E-state index contributed by atoms with van der Waals surface area (Å²) in [6, 6.07) is 9.60. The Kier molecular flexibility index (Phi) is 5.70. The molecule has 0 bridgehead atoms. The third-order valence-electron chi connectivity index (χ3n) is 1.70. The molecule has 0 fully saturated rings. The first kappa shape index (κ1) is 11.9. The van der Waals surface area contributed by atoms with E-state index in [4.69, 9.17) is 9.84 Å². The summed E-state index contributed by atoms with van der Waals surface area (Å²) in [5.74, 6) is 1.58. The van der Waals surface area contributed by atoms with Crippen molar-refractivity contribution in [2.75, 3.05) is 18.1 Å². The van der Waals surface area contributed by atoms with Crippen LogP contribution in [0.1, 0.15) is 6.42 Å². The van der Waals surface area contributed by atoms with Crippen molar-refractivity contribution in [3.05, 3.63) is 30.3 Å². The SMILES string of the molecule is O=C(O)CCSCCOc1ccccc1. The molecule has 0 radical (unpaired) electrons. The minimum absolute atomic E-state index is 0.218. The number of para-hydroxylation sites is 1. The summed E-state index contributed by atoms with van der Waals surface area (Å²) in [5.41, 5.74) is 0. The highest BCUT2D eigenvalue weighted by molar-refractivity contribution is 7.99. The normalized spacial score (nSPS) is 9.87. The van der Waals surface area contributed by atoms with Gasteiger partial charge in [0.1, 0.15) is 5.75 Å². The van der Waals surface area contributed by atoms with Gasteiger partial charge in [-0.05, 0) is 12.1 Å².